The van der Waals surface area contributed by atoms with Crippen LogP contribution in [0.15, 0.2) is 61.4 Å². The van der Waals surface area contributed by atoms with Crippen molar-refractivity contribution in [3.05, 3.63) is 66.5 Å². The van der Waals surface area contributed by atoms with Crippen LogP contribution in [0, 0.1) is 11.3 Å². The summed E-state index contributed by atoms with van der Waals surface area (Å²) < 4.78 is 6.23. The molecular formula is C32H32ClN7O2. The molecule has 2 aromatic heterocycles. The highest BCUT2D eigenvalue weighted by Gasteiger charge is 2.31. The number of carbonyl (C=O) groups is 1. The summed E-state index contributed by atoms with van der Waals surface area (Å²) in [6.45, 7) is 6.68. The first-order valence-corrected chi connectivity index (χ1v) is 14.6. The molecule has 4 heterocycles. The normalized spacial score (nSPS) is 19.3. The van der Waals surface area contributed by atoms with Crippen LogP contribution in [-0.4, -0.2) is 82.6 Å². The molecule has 2 aliphatic heterocycles. The van der Waals surface area contributed by atoms with Crippen molar-refractivity contribution in [3.63, 3.8) is 0 Å². The number of benzene rings is 2. The van der Waals surface area contributed by atoms with E-state index in [-0.39, 0.29) is 18.4 Å². The molecule has 2 saturated heterocycles. The molecule has 2 aromatic carbocycles. The Hall–Kier alpha value is -4.26. The minimum absolute atomic E-state index is 0.167. The summed E-state index contributed by atoms with van der Waals surface area (Å²) in [5, 5.41) is 12.9. The molecule has 214 valence electrons. The SMILES string of the molecule is C=CC(=O)N1CCN(c2nc(OC[C@@H]3CCCN3C)nc3cc(-c4cncc5cccc(Cl)c45)ccc23)C[C@@H]1CC#N. The number of rotatable bonds is 7. The van der Waals surface area contributed by atoms with Gasteiger partial charge in [-0.3, -0.25) is 9.78 Å². The minimum Gasteiger partial charge on any atom is -0.462 e. The van der Waals surface area contributed by atoms with E-state index in [9.17, 15) is 10.1 Å². The highest BCUT2D eigenvalue weighted by atomic mass is 35.5. The predicted molar refractivity (Wildman–Crippen MR) is 165 cm³/mol. The van der Waals surface area contributed by atoms with Crippen molar-refractivity contribution >= 4 is 45.0 Å². The molecule has 9 nitrogen and oxygen atoms in total. The molecule has 2 fully saturated rings. The first kappa shape index (κ1) is 27.9. The van der Waals surface area contributed by atoms with Crippen LogP contribution in [0.5, 0.6) is 6.01 Å². The Labute approximate surface area is 250 Å². The molecular weight excluding hydrogens is 550 g/mol. The van der Waals surface area contributed by atoms with Crippen LogP contribution in [0.1, 0.15) is 19.3 Å². The number of likely N-dealkylation sites (N-methyl/N-ethyl adjacent to an activating group) is 1. The number of nitriles is 1. The highest BCUT2D eigenvalue weighted by Crippen LogP contribution is 2.36. The number of pyridine rings is 1. The summed E-state index contributed by atoms with van der Waals surface area (Å²) in [6.07, 6.45) is 7.38. The van der Waals surface area contributed by atoms with Gasteiger partial charge in [0.2, 0.25) is 5.91 Å². The molecule has 0 unspecified atom stereocenters. The monoisotopic (exact) mass is 581 g/mol. The van der Waals surface area contributed by atoms with Gasteiger partial charge in [0.05, 0.1) is 24.0 Å². The number of hydrogen-bond donors (Lipinski definition) is 0. The maximum Gasteiger partial charge on any atom is 0.319 e. The van der Waals surface area contributed by atoms with Gasteiger partial charge in [-0.15, -0.1) is 0 Å². The Balaban J connectivity index is 1.42. The van der Waals surface area contributed by atoms with Crippen LogP contribution in [0.25, 0.3) is 32.8 Å². The second-order valence-electron chi connectivity index (χ2n) is 10.9. The smallest absolute Gasteiger partial charge is 0.319 e. The summed E-state index contributed by atoms with van der Waals surface area (Å²) >= 11 is 6.64. The number of aromatic nitrogens is 3. The zero-order valence-corrected chi connectivity index (χ0v) is 24.3. The van der Waals surface area contributed by atoms with Gasteiger partial charge in [-0.1, -0.05) is 36.4 Å². The van der Waals surface area contributed by atoms with Crippen LogP contribution >= 0.6 is 11.6 Å². The van der Waals surface area contributed by atoms with Gasteiger partial charge in [0.1, 0.15) is 12.4 Å². The van der Waals surface area contributed by atoms with Gasteiger partial charge in [0.15, 0.2) is 0 Å². The average molecular weight is 582 g/mol. The molecule has 1 amide bonds. The quantitative estimate of drug-likeness (QED) is 0.278. The molecule has 6 rings (SSSR count). The van der Waals surface area contributed by atoms with Gasteiger partial charge in [-0.25, -0.2) is 0 Å². The molecule has 0 radical (unpaired) electrons. The number of nitrogens with zero attached hydrogens (tertiary/aromatic N) is 7. The molecule has 0 spiro atoms. The molecule has 4 aromatic rings. The van der Waals surface area contributed by atoms with Crippen molar-refractivity contribution in [2.24, 2.45) is 0 Å². The van der Waals surface area contributed by atoms with Crippen molar-refractivity contribution < 1.29 is 9.53 Å². The Bertz CT molecular complexity index is 1700. The van der Waals surface area contributed by atoms with E-state index in [1.54, 1.807) is 4.90 Å². The first-order chi connectivity index (χ1) is 20.5. The number of piperazine rings is 1. The van der Waals surface area contributed by atoms with Crippen molar-refractivity contribution in [1.82, 2.24) is 24.8 Å². The van der Waals surface area contributed by atoms with Crippen LogP contribution in [0.4, 0.5) is 5.82 Å². The summed E-state index contributed by atoms with van der Waals surface area (Å²) in [4.78, 5) is 32.9. The molecule has 0 N–H and O–H groups in total. The lowest BCUT2D eigenvalue weighted by Gasteiger charge is -2.41. The second-order valence-corrected chi connectivity index (χ2v) is 11.3. The van der Waals surface area contributed by atoms with E-state index in [0.29, 0.717) is 43.3 Å². The van der Waals surface area contributed by atoms with Crippen molar-refractivity contribution in [2.45, 2.75) is 31.3 Å². The molecule has 2 atom stereocenters. The van der Waals surface area contributed by atoms with Gasteiger partial charge in [0, 0.05) is 64.8 Å². The molecule has 42 heavy (non-hydrogen) atoms. The predicted octanol–water partition coefficient (Wildman–Crippen LogP) is 5.09. The number of amides is 1. The van der Waals surface area contributed by atoms with E-state index in [4.69, 9.17) is 26.3 Å². The van der Waals surface area contributed by atoms with Gasteiger partial charge in [0.25, 0.3) is 0 Å². The van der Waals surface area contributed by atoms with E-state index >= 15 is 0 Å². The number of anilines is 1. The maximum atomic E-state index is 12.5. The number of carbonyl (C=O) groups excluding carboxylic acids is 1. The Kier molecular flexibility index (Phi) is 7.92. The van der Waals surface area contributed by atoms with Crippen LogP contribution in [-0.2, 0) is 4.79 Å². The van der Waals surface area contributed by atoms with Gasteiger partial charge >= 0.3 is 6.01 Å². The Morgan fingerprint density at radius 3 is 2.86 bits per heavy atom. The molecule has 2 aliphatic rings. The topological polar surface area (TPSA) is 98.5 Å². The van der Waals surface area contributed by atoms with Crippen molar-refractivity contribution in [3.8, 4) is 23.2 Å². The number of fused-ring (bicyclic) bond motifs is 2. The lowest BCUT2D eigenvalue weighted by molar-refractivity contribution is -0.128. The summed E-state index contributed by atoms with van der Waals surface area (Å²) in [6, 6.07) is 14.5. The minimum atomic E-state index is -0.279. The summed E-state index contributed by atoms with van der Waals surface area (Å²) in [5.74, 6) is 0.559. The van der Waals surface area contributed by atoms with Crippen LogP contribution in [0.2, 0.25) is 5.02 Å². The third-order valence-electron chi connectivity index (χ3n) is 8.34. The highest BCUT2D eigenvalue weighted by molar-refractivity contribution is 6.36. The van der Waals surface area contributed by atoms with E-state index < -0.39 is 0 Å². The lowest BCUT2D eigenvalue weighted by atomic mass is 9.99. The molecule has 10 heteroatoms. The first-order valence-electron chi connectivity index (χ1n) is 14.2. The fraction of sp³-hybridized carbons (Fsp3) is 0.344. The lowest BCUT2D eigenvalue weighted by Crippen LogP contribution is -2.55. The zero-order chi connectivity index (χ0) is 29.2. The third-order valence-corrected chi connectivity index (χ3v) is 8.66. The van der Waals surface area contributed by atoms with Crippen LogP contribution in [0.3, 0.4) is 0 Å². The van der Waals surface area contributed by atoms with Gasteiger partial charge in [-0.2, -0.15) is 15.2 Å². The number of hydrogen-bond acceptors (Lipinski definition) is 8. The van der Waals surface area contributed by atoms with Crippen molar-refractivity contribution in [2.75, 3.05) is 44.7 Å². The number of halogens is 1. The maximum absolute atomic E-state index is 12.5. The average Bonchev–Trinajstić information content (AvgIpc) is 3.43. The Morgan fingerprint density at radius 1 is 1.19 bits per heavy atom. The summed E-state index contributed by atoms with van der Waals surface area (Å²) in [7, 11) is 2.11. The summed E-state index contributed by atoms with van der Waals surface area (Å²) in [5.41, 5.74) is 2.59. The van der Waals surface area contributed by atoms with E-state index in [0.717, 1.165) is 58.0 Å². The standard InChI is InChI=1S/C32H32ClN7O2/c1-3-29(41)40-15-14-39(19-23(40)11-12-34)31-25-10-9-21(26-18-35-17-22-6-4-8-27(33)30(22)26)16-28(25)36-32(37-31)42-20-24-7-5-13-38(24)2/h3-4,6,8-10,16-18,23-24H,1,5,7,11,13-15,19-20H2,2H3/t23-,24-/m0/s1. The number of likely N-dealkylation sites (tertiary alicyclic amines) is 1. The Morgan fingerprint density at radius 2 is 2.07 bits per heavy atom. The van der Waals surface area contributed by atoms with E-state index in [2.05, 4.69) is 34.5 Å². The molecule has 0 aliphatic carbocycles. The van der Waals surface area contributed by atoms with Crippen molar-refractivity contribution in [1.29, 1.82) is 5.26 Å². The fourth-order valence-corrected chi connectivity index (χ4v) is 6.35. The number of ether oxygens (including phenoxy) is 1. The zero-order valence-electron chi connectivity index (χ0n) is 23.5. The molecule has 0 saturated carbocycles. The van der Waals surface area contributed by atoms with Gasteiger partial charge < -0.3 is 19.4 Å². The fourth-order valence-electron chi connectivity index (χ4n) is 6.07. The van der Waals surface area contributed by atoms with E-state index in [1.165, 1.54) is 6.08 Å². The third kappa shape index (κ3) is 5.36. The van der Waals surface area contributed by atoms with E-state index in [1.807, 2.05) is 48.8 Å². The largest absolute Gasteiger partial charge is 0.462 e. The van der Waals surface area contributed by atoms with Gasteiger partial charge in [-0.05, 0) is 56.3 Å². The van der Waals surface area contributed by atoms with Crippen LogP contribution < -0.4 is 9.64 Å². The molecule has 0 bridgehead atoms. The second kappa shape index (κ2) is 11.9.